The average Bonchev–Trinajstić information content (AvgIpc) is 2.55. The van der Waals surface area contributed by atoms with Gasteiger partial charge in [-0.15, -0.1) is 0 Å². The van der Waals surface area contributed by atoms with Gasteiger partial charge >= 0.3 is 6.09 Å². The molecule has 3 N–H and O–H groups in total. The van der Waals surface area contributed by atoms with Crippen molar-refractivity contribution in [2.45, 2.75) is 26.4 Å². The Balaban J connectivity index is 2.32. The van der Waals surface area contributed by atoms with Gasteiger partial charge in [0.15, 0.2) is 0 Å². The first-order valence-corrected chi connectivity index (χ1v) is 8.35. The van der Waals surface area contributed by atoms with Crippen LogP contribution in [0.15, 0.2) is 18.2 Å². The number of ether oxygens (including phenoxy) is 2. The number of halogens is 1. The molecule has 144 valence electrons. The lowest BCUT2D eigenvalue weighted by Gasteiger charge is -2.19. The molecule has 0 atom stereocenters. The average molecular weight is 386 g/mol. The Bertz CT molecular complexity index is 658. The number of alkyl carbamates (subject to hydrolysis) is 1. The molecule has 1 aromatic carbocycles. The van der Waals surface area contributed by atoms with Crippen LogP contribution in [-0.2, 0) is 9.53 Å². The molecule has 0 radical (unpaired) electrons. The number of carbonyl (C=O) groups excluding carboxylic acids is 3. The monoisotopic (exact) mass is 385 g/mol. The molecule has 0 fully saturated rings. The van der Waals surface area contributed by atoms with Crippen LogP contribution in [0.2, 0.25) is 5.02 Å². The summed E-state index contributed by atoms with van der Waals surface area (Å²) in [4.78, 5) is 35.2. The summed E-state index contributed by atoms with van der Waals surface area (Å²) in [5.41, 5.74) is -0.329. The smallest absolute Gasteiger partial charge is 0.408 e. The molecular formula is C17H24ClN3O5. The van der Waals surface area contributed by atoms with Gasteiger partial charge in [-0.3, -0.25) is 9.59 Å². The zero-order chi connectivity index (χ0) is 19.7. The first-order valence-electron chi connectivity index (χ1n) is 7.97. The Morgan fingerprint density at radius 2 is 1.73 bits per heavy atom. The van der Waals surface area contributed by atoms with Crippen molar-refractivity contribution in [1.82, 2.24) is 16.0 Å². The van der Waals surface area contributed by atoms with Crippen molar-refractivity contribution >= 4 is 29.5 Å². The standard InChI is InChI=1S/C17H24ClN3O5/c1-17(2,3)26-16(24)21-10-14(22)19-7-8-20-15(23)12-9-11(18)5-6-13(12)25-4/h5-6,9H,7-8,10H2,1-4H3,(H,19,22)(H,20,23)(H,21,24). The predicted molar refractivity (Wildman–Crippen MR) is 97.6 cm³/mol. The fourth-order valence-electron chi connectivity index (χ4n) is 1.86. The van der Waals surface area contributed by atoms with Crippen molar-refractivity contribution in [3.63, 3.8) is 0 Å². The highest BCUT2D eigenvalue weighted by atomic mass is 35.5. The van der Waals surface area contributed by atoms with Crippen LogP contribution in [0.3, 0.4) is 0 Å². The van der Waals surface area contributed by atoms with E-state index >= 15 is 0 Å². The maximum absolute atomic E-state index is 12.1. The Morgan fingerprint density at radius 1 is 1.08 bits per heavy atom. The molecule has 0 saturated heterocycles. The molecule has 0 heterocycles. The van der Waals surface area contributed by atoms with Gasteiger partial charge in [0.1, 0.15) is 11.4 Å². The Hall–Kier alpha value is -2.48. The molecule has 26 heavy (non-hydrogen) atoms. The zero-order valence-corrected chi connectivity index (χ0v) is 16.0. The maximum Gasteiger partial charge on any atom is 0.408 e. The summed E-state index contributed by atoms with van der Waals surface area (Å²) in [6.07, 6.45) is -0.672. The quantitative estimate of drug-likeness (QED) is 0.620. The van der Waals surface area contributed by atoms with Crippen LogP contribution in [0.5, 0.6) is 5.75 Å². The van der Waals surface area contributed by atoms with Crippen molar-refractivity contribution < 1.29 is 23.9 Å². The predicted octanol–water partition coefficient (Wildman–Crippen LogP) is 1.72. The van der Waals surface area contributed by atoms with Gasteiger partial charge in [0, 0.05) is 18.1 Å². The summed E-state index contributed by atoms with van der Waals surface area (Å²) >= 11 is 5.88. The molecular weight excluding hydrogens is 362 g/mol. The molecule has 0 saturated carbocycles. The summed E-state index contributed by atoms with van der Waals surface area (Å²) in [6, 6.07) is 4.72. The van der Waals surface area contributed by atoms with Crippen molar-refractivity contribution in [2.75, 3.05) is 26.7 Å². The Labute approximate surface area is 157 Å². The van der Waals surface area contributed by atoms with Crippen LogP contribution in [0.1, 0.15) is 31.1 Å². The van der Waals surface area contributed by atoms with Crippen LogP contribution in [0.4, 0.5) is 4.79 Å². The molecule has 9 heteroatoms. The van der Waals surface area contributed by atoms with Crippen LogP contribution < -0.4 is 20.7 Å². The molecule has 0 aromatic heterocycles. The second-order valence-electron chi connectivity index (χ2n) is 6.31. The molecule has 0 aliphatic heterocycles. The van der Waals surface area contributed by atoms with E-state index in [-0.39, 0.29) is 25.5 Å². The number of amides is 3. The molecule has 3 amide bonds. The highest BCUT2D eigenvalue weighted by Crippen LogP contribution is 2.22. The number of benzene rings is 1. The van der Waals surface area contributed by atoms with E-state index in [4.69, 9.17) is 21.1 Å². The van der Waals surface area contributed by atoms with E-state index < -0.39 is 17.6 Å². The van der Waals surface area contributed by atoms with Crippen LogP contribution in [-0.4, -0.2) is 50.3 Å². The highest BCUT2D eigenvalue weighted by Gasteiger charge is 2.16. The van der Waals surface area contributed by atoms with E-state index in [9.17, 15) is 14.4 Å². The SMILES string of the molecule is COc1ccc(Cl)cc1C(=O)NCCNC(=O)CNC(=O)OC(C)(C)C. The number of hydrogen-bond donors (Lipinski definition) is 3. The van der Waals surface area contributed by atoms with E-state index in [0.717, 1.165) is 0 Å². The van der Waals surface area contributed by atoms with E-state index in [0.29, 0.717) is 16.3 Å². The van der Waals surface area contributed by atoms with Gasteiger partial charge in [-0.1, -0.05) is 11.6 Å². The van der Waals surface area contributed by atoms with Crippen LogP contribution in [0.25, 0.3) is 0 Å². The number of rotatable bonds is 7. The lowest BCUT2D eigenvalue weighted by atomic mass is 10.2. The van der Waals surface area contributed by atoms with Gasteiger partial charge in [-0.2, -0.15) is 0 Å². The van der Waals surface area contributed by atoms with Gasteiger partial charge in [-0.25, -0.2) is 4.79 Å². The van der Waals surface area contributed by atoms with E-state index in [1.807, 2.05) is 0 Å². The summed E-state index contributed by atoms with van der Waals surface area (Å²) in [6.45, 7) is 5.36. The normalized spacial score (nSPS) is 10.7. The summed E-state index contributed by atoms with van der Waals surface area (Å²) in [5, 5.41) is 7.97. The van der Waals surface area contributed by atoms with E-state index in [1.165, 1.54) is 13.2 Å². The number of nitrogens with one attached hydrogen (secondary N) is 3. The second-order valence-corrected chi connectivity index (χ2v) is 6.74. The fraction of sp³-hybridized carbons (Fsp3) is 0.471. The molecule has 0 bridgehead atoms. The maximum atomic E-state index is 12.1. The Kier molecular flexibility index (Phi) is 8.18. The van der Waals surface area contributed by atoms with Gasteiger partial charge in [0.2, 0.25) is 5.91 Å². The minimum Gasteiger partial charge on any atom is -0.496 e. The minimum absolute atomic E-state index is 0.198. The van der Waals surface area contributed by atoms with Crippen molar-refractivity contribution in [2.24, 2.45) is 0 Å². The van der Waals surface area contributed by atoms with Gasteiger partial charge in [-0.05, 0) is 39.0 Å². The first-order chi connectivity index (χ1) is 12.1. The van der Waals surface area contributed by atoms with Crippen molar-refractivity contribution in [1.29, 1.82) is 0 Å². The molecule has 1 rings (SSSR count). The number of hydrogen-bond acceptors (Lipinski definition) is 5. The molecule has 0 spiro atoms. The van der Waals surface area contributed by atoms with Crippen LogP contribution >= 0.6 is 11.6 Å². The van der Waals surface area contributed by atoms with Crippen molar-refractivity contribution in [3.8, 4) is 5.75 Å². The van der Waals surface area contributed by atoms with E-state index in [2.05, 4.69) is 16.0 Å². The third-order valence-electron chi connectivity index (χ3n) is 2.93. The summed E-state index contributed by atoms with van der Waals surface area (Å²) in [7, 11) is 1.46. The molecule has 0 aliphatic carbocycles. The summed E-state index contributed by atoms with van der Waals surface area (Å²) < 4.78 is 10.1. The summed E-state index contributed by atoms with van der Waals surface area (Å²) in [5.74, 6) is -0.367. The first kappa shape index (κ1) is 21.6. The number of carbonyl (C=O) groups is 3. The van der Waals surface area contributed by atoms with Gasteiger partial charge in [0.05, 0.1) is 19.2 Å². The van der Waals surface area contributed by atoms with Crippen molar-refractivity contribution in [3.05, 3.63) is 28.8 Å². The van der Waals surface area contributed by atoms with Crippen LogP contribution in [0, 0.1) is 0 Å². The largest absolute Gasteiger partial charge is 0.496 e. The molecule has 0 aliphatic rings. The van der Waals surface area contributed by atoms with E-state index in [1.54, 1.807) is 32.9 Å². The fourth-order valence-corrected chi connectivity index (χ4v) is 2.03. The zero-order valence-electron chi connectivity index (χ0n) is 15.3. The van der Waals surface area contributed by atoms with Gasteiger partial charge < -0.3 is 25.4 Å². The Morgan fingerprint density at radius 3 is 2.35 bits per heavy atom. The highest BCUT2D eigenvalue weighted by molar-refractivity contribution is 6.31. The third-order valence-corrected chi connectivity index (χ3v) is 3.17. The molecule has 0 unspecified atom stereocenters. The topological polar surface area (TPSA) is 106 Å². The third kappa shape index (κ3) is 8.06. The molecule has 8 nitrogen and oxygen atoms in total. The minimum atomic E-state index is -0.672. The lowest BCUT2D eigenvalue weighted by molar-refractivity contribution is -0.120. The number of methoxy groups -OCH3 is 1. The second kappa shape index (κ2) is 9.86. The lowest BCUT2D eigenvalue weighted by Crippen LogP contribution is -2.42. The molecule has 1 aromatic rings. The van der Waals surface area contributed by atoms with Gasteiger partial charge in [0.25, 0.3) is 5.91 Å².